The van der Waals surface area contributed by atoms with Crippen LogP contribution in [0.3, 0.4) is 0 Å². The molecule has 1 aromatic carbocycles. The maximum Gasteiger partial charge on any atom is 0.407 e. The number of piperazine rings is 1. The zero-order chi connectivity index (χ0) is 22.1. The van der Waals surface area contributed by atoms with E-state index < -0.39 is 18.3 Å². The van der Waals surface area contributed by atoms with E-state index in [1.54, 1.807) is 30.5 Å². The van der Waals surface area contributed by atoms with Crippen LogP contribution in [-0.4, -0.2) is 75.2 Å². The molecule has 1 aliphatic heterocycles. The summed E-state index contributed by atoms with van der Waals surface area (Å²) in [5.74, 6) is 0.764. The van der Waals surface area contributed by atoms with Crippen molar-refractivity contribution in [1.82, 2.24) is 24.4 Å². The fraction of sp³-hybridized carbons (Fsp3) is 0.368. The van der Waals surface area contributed by atoms with Crippen LogP contribution in [-0.2, 0) is 0 Å². The molecule has 0 saturated carbocycles. The van der Waals surface area contributed by atoms with E-state index in [-0.39, 0.29) is 5.82 Å². The zero-order valence-corrected chi connectivity index (χ0v) is 17.6. The molecule has 0 radical (unpaired) electrons. The topological polar surface area (TPSA) is 96.6 Å². The summed E-state index contributed by atoms with van der Waals surface area (Å²) in [6, 6.07) is 6.68. The van der Waals surface area contributed by atoms with Gasteiger partial charge in [0.15, 0.2) is 11.0 Å². The van der Waals surface area contributed by atoms with Gasteiger partial charge in [0.2, 0.25) is 0 Å². The lowest BCUT2D eigenvalue weighted by atomic mass is 10.3. The molecule has 4 rings (SSSR count). The second-order valence-electron chi connectivity index (χ2n) is 6.76. The van der Waals surface area contributed by atoms with E-state index in [9.17, 15) is 13.6 Å². The van der Waals surface area contributed by atoms with Crippen molar-refractivity contribution >= 4 is 34.7 Å². The third-order valence-electron chi connectivity index (χ3n) is 5.05. The molecule has 1 amide bonds. The molecule has 12 heteroatoms. The monoisotopic (exact) mass is 450 g/mol. The molecule has 0 aliphatic carbocycles. The van der Waals surface area contributed by atoms with Crippen molar-refractivity contribution in [2.75, 3.05) is 44.4 Å². The molecule has 3 heterocycles. The van der Waals surface area contributed by atoms with Gasteiger partial charge in [-0.25, -0.2) is 28.5 Å². The summed E-state index contributed by atoms with van der Waals surface area (Å²) in [7, 11) is 1.46. The average Bonchev–Trinajstić information content (AvgIpc) is 3.19. The van der Waals surface area contributed by atoms with Crippen LogP contribution in [0.25, 0.3) is 16.9 Å². The lowest BCUT2D eigenvalue weighted by Crippen LogP contribution is -2.48. The predicted octanol–water partition coefficient (Wildman–Crippen LogP) is 3.28. The van der Waals surface area contributed by atoms with Gasteiger partial charge in [0, 0.05) is 32.2 Å². The second kappa shape index (κ2) is 8.53. The number of imidazole rings is 1. The van der Waals surface area contributed by atoms with Gasteiger partial charge in [0.05, 0.1) is 12.6 Å². The predicted molar refractivity (Wildman–Crippen MR) is 112 cm³/mol. The van der Waals surface area contributed by atoms with Crippen LogP contribution in [0, 0.1) is 0 Å². The molecule has 0 atom stereocenters. The Labute approximate surface area is 180 Å². The highest BCUT2D eigenvalue weighted by Crippen LogP contribution is 2.33. The Morgan fingerprint density at radius 1 is 1.16 bits per heavy atom. The summed E-state index contributed by atoms with van der Waals surface area (Å²) in [4.78, 5) is 27.5. The van der Waals surface area contributed by atoms with E-state index in [2.05, 4.69) is 15.0 Å². The maximum atomic E-state index is 13.9. The summed E-state index contributed by atoms with van der Waals surface area (Å²) in [6.45, 7) is 1.54. The van der Waals surface area contributed by atoms with Gasteiger partial charge in [0.1, 0.15) is 22.9 Å². The van der Waals surface area contributed by atoms with Crippen molar-refractivity contribution in [3.63, 3.8) is 0 Å². The fourth-order valence-corrected chi connectivity index (χ4v) is 3.91. The number of hydrogen-bond donors (Lipinski definition) is 1. The number of para-hydroxylation sites is 1. The van der Waals surface area contributed by atoms with Gasteiger partial charge in [-0.3, -0.25) is 4.57 Å². The third kappa shape index (κ3) is 3.94. The Balaban J connectivity index is 1.82. The number of alkyl halides is 2. The molecule has 0 bridgehead atoms. The minimum atomic E-state index is -2.83. The number of methoxy groups -OCH3 is 1. The number of hydrogen-bond acceptors (Lipinski definition) is 7. The minimum absolute atomic E-state index is 0.265. The van der Waals surface area contributed by atoms with E-state index in [1.807, 2.05) is 4.90 Å². The number of carbonyl (C=O) groups is 1. The molecule has 2 aromatic heterocycles. The number of carboxylic acid groups (broad SMARTS) is 1. The number of thioether (sulfide) groups is 1. The molecule has 1 fully saturated rings. The van der Waals surface area contributed by atoms with Crippen LogP contribution >= 0.6 is 11.8 Å². The first-order valence-corrected chi connectivity index (χ1v) is 10.6. The number of nitrogens with zero attached hydrogens (tertiary/aromatic N) is 6. The summed E-state index contributed by atoms with van der Waals surface area (Å²) in [6.07, 6.45) is -1.99. The van der Waals surface area contributed by atoms with Gasteiger partial charge in [-0.15, -0.1) is 0 Å². The van der Waals surface area contributed by atoms with E-state index >= 15 is 0 Å². The number of anilines is 1. The largest absolute Gasteiger partial charge is 0.494 e. The third-order valence-corrected chi connectivity index (χ3v) is 5.60. The van der Waals surface area contributed by atoms with Crippen LogP contribution in [0.5, 0.6) is 5.75 Å². The second-order valence-corrected chi connectivity index (χ2v) is 7.54. The van der Waals surface area contributed by atoms with E-state index in [0.717, 1.165) is 0 Å². The molecule has 3 aromatic rings. The molecule has 1 saturated heterocycles. The van der Waals surface area contributed by atoms with Crippen LogP contribution in [0.2, 0.25) is 0 Å². The Morgan fingerprint density at radius 2 is 1.87 bits per heavy atom. The quantitative estimate of drug-likeness (QED) is 0.467. The number of aromatic nitrogens is 4. The summed E-state index contributed by atoms with van der Waals surface area (Å²) >= 11 is 1.29. The number of ether oxygens (including phenoxy) is 1. The first-order valence-electron chi connectivity index (χ1n) is 9.42. The van der Waals surface area contributed by atoms with Crippen LogP contribution in [0.4, 0.5) is 19.4 Å². The maximum absolute atomic E-state index is 13.9. The van der Waals surface area contributed by atoms with Gasteiger partial charge >= 0.3 is 6.09 Å². The highest BCUT2D eigenvalue weighted by atomic mass is 32.2. The SMILES string of the molecule is COc1cccc2c1nc(C(F)F)n2-c1cc(N2CCN(C(=O)O)CC2)nc(SC)n1. The molecular formula is C19H20F2N6O3S. The first-order chi connectivity index (χ1) is 14.9. The van der Waals surface area contributed by atoms with Crippen molar-refractivity contribution in [3.8, 4) is 11.6 Å². The lowest BCUT2D eigenvalue weighted by molar-refractivity contribution is 0.139. The molecule has 1 N–H and O–H groups in total. The molecular weight excluding hydrogens is 430 g/mol. The smallest absolute Gasteiger partial charge is 0.407 e. The lowest BCUT2D eigenvalue weighted by Gasteiger charge is -2.34. The van der Waals surface area contributed by atoms with Crippen molar-refractivity contribution in [3.05, 3.63) is 30.1 Å². The molecule has 9 nitrogen and oxygen atoms in total. The Morgan fingerprint density at radius 3 is 2.48 bits per heavy atom. The molecule has 31 heavy (non-hydrogen) atoms. The normalized spacial score (nSPS) is 14.5. The van der Waals surface area contributed by atoms with E-state index in [4.69, 9.17) is 9.84 Å². The highest BCUT2D eigenvalue weighted by Gasteiger charge is 2.26. The molecule has 1 aliphatic rings. The fourth-order valence-electron chi connectivity index (χ4n) is 3.54. The Kier molecular flexibility index (Phi) is 5.81. The van der Waals surface area contributed by atoms with Gasteiger partial charge < -0.3 is 19.6 Å². The van der Waals surface area contributed by atoms with Crippen molar-refractivity contribution in [2.24, 2.45) is 0 Å². The van der Waals surface area contributed by atoms with E-state index in [1.165, 1.54) is 28.3 Å². The van der Waals surface area contributed by atoms with Crippen LogP contribution in [0.1, 0.15) is 12.2 Å². The minimum Gasteiger partial charge on any atom is -0.494 e. The zero-order valence-electron chi connectivity index (χ0n) is 16.8. The standard InChI is InChI=1S/C19H20F2N6O3S/c1-30-12-5-3-4-11-15(12)24-17(16(20)21)27(11)14-10-13(22-18(23-14)31-2)25-6-8-26(9-7-25)19(28)29/h3-5,10,16H,6-9H2,1-2H3,(H,28,29). The van der Waals surface area contributed by atoms with Gasteiger partial charge in [-0.05, 0) is 18.4 Å². The van der Waals surface area contributed by atoms with Crippen LogP contribution in [0.15, 0.2) is 29.4 Å². The van der Waals surface area contributed by atoms with Crippen molar-refractivity contribution in [1.29, 1.82) is 0 Å². The number of fused-ring (bicyclic) bond motifs is 1. The number of rotatable bonds is 5. The molecule has 0 spiro atoms. The summed E-state index contributed by atoms with van der Waals surface area (Å²) in [5, 5.41) is 9.57. The van der Waals surface area contributed by atoms with Crippen molar-refractivity contribution < 1.29 is 23.4 Å². The van der Waals surface area contributed by atoms with Crippen molar-refractivity contribution in [2.45, 2.75) is 11.6 Å². The van der Waals surface area contributed by atoms with Crippen LogP contribution < -0.4 is 9.64 Å². The summed E-state index contributed by atoms with van der Waals surface area (Å²) in [5.41, 5.74) is 0.767. The average molecular weight is 450 g/mol. The molecule has 0 unspecified atom stereocenters. The number of halogens is 2. The Hall–Kier alpha value is -3.15. The van der Waals surface area contributed by atoms with Gasteiger partial charge in [-0.2, -0.15) is 0 Å². The highest BCUT2D eigenvalue weighted by molar-refractivity contribution is 7.98. The van der Waals surface area contributed by atoms with Gasteiger partial charge in [0.25, 0.3) is 6.43 Å². The first kappa shape index (κ1) is 21.1. The Bertz CT molecular complexity index is 1120. The number of amides is 1. The summed E-state index contributed by atoms with van der Waals surface area (Å²) < 4.78 is 34.4. The van der Waals surface area contributed by atoms with E-state index in [0.29, 0.717) is 53.9 Å². The molecule has 164 valence electrons. The van der Waals surface area contributed by atoms with Gasteiger partial charge in [-0.1, -0.05) is 17.8 Å². The number of benzene rings is 1.